The van der Waals surface area contributed by atoms with Crippen molar-refractivity contribution in [1.29, 1.82) is 0 Å². The van der Waals surface area contributed by atoms with E-state index in [1.54, 1.807) is 17.2 Å². The summed E-state index contributed by atoms with van der Waals surface area (Å²) in [7, 11) is 0. The molecule has 2 heterocycles. The Hall–Kier alpha value is -1.53. The van der Waals surface area contributed by atoms with Crippen molar-refractivity contribution >= 4 is 23.4 Å². The van der Waals surface area contributed by atoms with E-state index in [-0.39, 0.29) is 23.8 Å². The van der Waals surface area contributed by atoms with Gasteiger partial charge in [-0.1, -0.05) is 11.6 Å². The standard InChI is InChI=1S/C17H26ClN3O3/c1-12(2)24-9-3-6-19-16(22)13-4-7-21(8-5-13)17(23)15-10-14(18)11-20-15/h10-13,20H,3-9H2,1-2H3,(H,19,22). The summed E-state index contributed by atoms with van der Waals surface area (Å²) in [6.07, 6.45) is 4.01. The normalized spacial score (nSPS) is 15.8. The van der Waals surface area contributed by atoms with E-state index in [0.717, 1.165) is 6.42 Å². The first-order chi connectivity index (χ1) is 11.5. The molecule has 1 aliphatic rings. The zero-order valence-corrected chi connectivity index (χ0v) is 15.1. The van der Waals surface area contributed by atoms with Crippen molar-refractivity contribution in [3.8, 4) is 0 Å². The van der Waals surface area contributed by atoms with E-state index in [1.165, 1.54) is 0 Å². The highest BCUT2D eigenvalue weighted by Crippen LogP contribution is 2.20. The summed E-state index contributed by atoms with van der Waals surface area (Å²) in [5.74, 6) is -0.00606. The van der Waals surface area contributed by atoms with E-state index in [1.807, 2.05) is 13.8 Å². The van der Waals surface area contributed by atoms with E-state index in [0.29, 0.717) is 49.8 Å². The number of nitrogens with one attached hydrogen (secondary N) is 2. The molecule has 7 heteroatoms. The lowest BCUT2D eigenvalue weighted by atomic mass is 9.95. The second-order valence-corrected chi connectivity index (χ2v) is 6.80. The molecule has 2 rings (SSSR count). The number of piperidine rings is 1. The topological polar surface area (TPSA) is 74.4 Å². The molecular formula is C17H26ClN3O3. The molecule has 0 unspecified atom stereocenters. The van der Waals surface area contributed by atoms with E-state index >= 15 is 0 Å². The maximum atomic E-state index is 12.3. The Balaban J connectivity index is 1.68. The van der Waals surface area contributed by atoms with Gasteiger partial charge in [-0.2, -0.15) is 0 Å². The summed E-state index contributed by atoms with van der Waals surface area (Å²) in [6, 6.07) is 1.63. The number of carbonyl (C=O) groups excluding carboxylic acids is 2. The summed E-state index contributed by atoms with van der Waals surface area (Å²) >= 11 is 5.83. The molecule has 24 heavy (non-hydrogen) atoms. The number of rotatable bonds is 7. The summed E-state index contributed by atoms with van der Waals surface area (Å²) in [5, 5.41) is 3.48. The Morgan fingerprint density at radius 2 is 2.12 bits per heavy atom. The van der Waals surface area contributed by atoms with Gasteiger partial charge in [0.2, 0.25) is 5.91 Å². The second-order valence-electron chi connectivity index (χ2n) is 6.36. The number of carbonyl (C=O) groups is 2. The molecule has 1 aliphatic heterocycles. The fraction of sp³-hybridized carbons (Fsp3) is 0.647. The van der Waals surface area contributed by atoms with Gasteiger partial charge < -0.3 is 19.9 Å². The van der Waals surface area contributed by atoms with E-state index < -0.39 is 0 Å². The molecule has 0 bridgehead atoms. The molecule has 2 N–H and O–H groups in total. The fourth-order valence-electron chi connectivity index (χ4n) is 2.75. The summed E-state index contributed by atoms with van der Waals surface area (Å²) < 4.78 is 5.45. The minimum Gasteiger partial charge on any atom is -0.379 e. The number of hydrogen-bond acceptors (Lipinski definition) is 3. The molecule has 0 saturated carbocycles. The zero-order chi connectivity index (χ0) is 17.5. The molecule has 1 fully saturated rings. The van der Waals surface area contributed by atoms with Gasteiger partial charge in [-0.15, -0.1) is 0 Å². The van der Waals surface area contributed by atoms with Crippen LogP contribution in [0.3, 0.4) is 0 Å². The van der Waals surface area contributed by atoms with Crippen molar-refractivity contribution in [2.75, 3.05) is 26.2 Å². The molecule has 6 nitrogen and oxygen atoms in total. The quantitative estimate of drug-likeness (QED) is 0.738. The van der Waals surface area contributed by atoms with Crippen LogP contribution in [0.15, 0.2) is 12.3 Å². The van der Waals surface area contributed by atoms with Crippen molar-refractivity contribution in [2.24, 2.45) is 5.92 Å². The molecule has 0 aromatic carbocycles. The smallest absolute Gasteiger partial charge is 0.270 e. The number of halogens is 1. The fourth-order valence-corrected chi connectivity index (χ4v) is 2.92. The second kappa shape index (κ2) is 9.08. The van der Waals surface area contributed by atoms with Crippen molar-refractivity contribution in [3.63, 3.8) is 0 Å². The van der Waals surface area contributed by atoms with Crippen LogP contribution in [0.25, 0.3) is 0 Å². The minimum absolute atomic E-state index is 0.0210. The molecular weight excluding hydrogens is 330 g/mol. The third kappa shape index (κ3) is 5.53. The molecule has 1 aromatic heterocycles. The van der Waals surface area contributed by atoms with Gasteiger partial charge in [0.15, 0.2) is 0 Å². The highest BCUT2D eigenvalue weighted by molar-refractivity contribution is 6.30. The molecule has 134 valence electrons. The Morgan fingerprint density at radius 3 is 2.71 bits per heavy atom. The lowest BCUT2D eigenvalue weighted by Crippen LogP contribution is -2.43. The van der Waals surface area contributed by atoms with Gasteiger partial charge in [-0.05, 0) is 39.2 Å². The number of hydrogen-bond donors (Lipinski definition) is 2. The first-order valence-electron chi connectivity index (χ1n) is 8.50. The molecule has 0 atom stereocenters. The maximum Gasteiger partial charge on any atom is 0.270 e. The van der Waals surface area contributed by atoms with Crippen molar-refractivity contribution in [1.82, 2.24) is 15.2 Å². The maximum absolute atomic E-state index is 12.3. The minimum atomic E-state index is -0.0633. The van der Waals surface area contributed by atoms with Crippen LogP contribution >= 0.6 is 11.6 Å². The van der Waals surface area contributed by atoms with Crippen LogP contribution in [0.2, 0.25) is 5.02 Å². The highest BCUT2D eigenvalue weighted by Gasteiger charge is 2.28. The van der Waals surface area contributed by atoms with Crippen molar-refractivity contribution in [3.05, 3.63) is 23.0 Å². The number of ether oxygens (including phenoxy) is 1. The number of aromatic nitrogens is 1. The van der Waals surface area contributed by atoms with Crippen LogP contribution in [-0.4, -0.2) is 54.0 Å². The average molecular weight is 356 g/mol. The number of nitrogens with zero attached hydrogens (tertiary/aromatic N) is 1. The van der Waals surface area contributed by atoms with Crippen molar-refractivity contribution in [2.45, 2.75) is 39.2 Å². The molecule has 1 aromatic rings. The van der Waals surface area contributed by atoms with Gasteiger partial charge in [-0.3, -0.25) is 9.59 Å². The number of aromatic amines is 1. The van der Waals surface area contributed by atoms with Crippen LogP contribution in [0.5, 0.6) is 0 Å². The Morgan fingerprint density at radius 1 is 1.42 bits per heavy atom. The molecule has 1 saturated heterocycles. The summed E-state index contributed by atoms with van der Waals surface area (Å²) in [6.45, 7) is 6.45. The van der Waals surface area contributed by atoms with Gasteiger partial charge in [0.1, 0.15) is 5.69 Å². The van der Waals surface area contributed by atoms with E-state index in [2.05, 4.69) is 10.3 Å². The van der Waals surface area contributed by atoms with Gasteiger partial charge >= 0.3 is 0 Å². The van der Waals surface area contributed by atoms with Gasteiger partial charge in [0.25, 0.3) is 5.91 Å². The van der Waals surface area contributed by atoms with Crippen LogP contribution in [-0.2, 0) is 9.53 Å². The molecule has 0 radical (unpaired) electrons. The summed E-state index contributed by atoms with van der Waals surface area (Å²) in [5.41, 5.74) is 0.494. The first-order valence-corrected chi connectivity index (χ1v) is 8.87. The Kier molecular flexibility index (Phi) is 7.12. The predicted molar refractivity (Wildman–Crippen MR) is 93.1 cm³/mol. The largest absolute Gasteiger partial charge is 0.379 e. The van der Waals surface area contributed by atoms with Gasteiger partial charge in [-0.25, -0.2) is 0 Å². The SMILES string of the molecule is CC(C)OCCCNC(=O)C1CCN(C(=O)c2cc(Cl)c[nH]2)CC1. The number of likely N-dealkylation sites (tertiary alicyclic amines) is 1. The average Bonchev–Trinajstić information content (AvgIpc) is 3.00. The van der Waals surface area contributed by atoms with Gasteiger partial charge in [0.05, 0.1) is 11.1 Å². The molecule has 2 amide bonds. The summed E-state index contributed by atoms with van der Waals surface area (Å²) in [4.78, 5) is 29.1. The zero-order valence-electron chi connectivity index (χ0n) is 14.3. The van der Waals surface area contributed by atoms with Crippen molar-refractivity contribution < 1.29 is 14.3 Å². The lowest BCUT2D eigenvalue weighted by Gasteiger charge is -2.31. The lowest BCUT2D eigenvalue weighted by molar-refractivity contribution is -0.126. The molecule has 0 spiro atoms. The monoisotopic (exact) mass is 355 g/mol. The van der Waals surface area contributed by atoms with Crippen LogP contribution in [0, 0.1) is 5.92 Å². The van der Waals surface area contributed by atoms with E-state index in [4.69, 9.17) is 16.3 Å². The van der Waals surface area contributed by atoms with Gasteiger partial charge in [0, 0.05) is 38.4 Å². The van der Waals surface area contributed by atoms with Crippen LogP contribution < -0.4 is 5.32 Å². The third-order valence-electron chi connectivity index (χ3n) is 4.10. The highest BCUT2D eigenvalue weighted by atomic mass is 35.5. The van der Waals surface area contributed by atoms with E-state index in [9.17, 15) is 9.59 Å². The molecule has 0 aliphatic carbocycles. The number of amides is 2. The Bertz CT molecular complexity index is 551. The Labute approximate surface area is 147 Å². The first kappa shape index (κ1) is 18.8. The third-order valence-corrected chi connectivity index (χ3v) is 4.32. The van der Waals surface area contributed by atoms with Crippen LogP contribution in [0.1, 0.15) is 43.6 Å². The predicted octanol–water partition coefficient (Wildman–Crippen LogP) is 2.45. The van der Waals surface area contributed by atoms with Crippen LogP contribution in [0.4, 0.5) is 0 Å². The number of H-pyrrole nitrogens is 1.